The van der Waals surface area contributed by atoms with Crippen molar-refractivity contribution in [3.63, 3.8) is 0 Å². The van der Waals surface area contributed by atoms with Crippen LogP contribution in [0.2, 0.25) is 0 Å². The number of likely N-dealkylation sites (tertiary alicyclic amines) is 1. The summed E-state index contributed by atoms with van der Waals surface area (Å²) in [5, 5.41) is 7.12. The zero-order valence-corrected chi connectivity index (χ0v) is 14.9. The van der Waals surface area contributed by atoms with Gasteiger partial charge in [-0.2, -0.15) is 5.10 Å². The average Bonchev–Trinajstić information content (AvgIpc) is 3.18. The zero-order chi connectivity index (χ0) is 16.9. The molecule has 2 saturated heterocycles. The number of benzene rings is 1. The fourth-order valence-electron chi connectivity index (χ4n) is 4.08. The Bertz CT molecular complexity index is 651. The number of morpholine rings is 1. The second kappa shape index (κ2) is 8.13. The standard InChI is InChI=1S/C20H28N4O/c1-2-7-24(20(6-1)19-13-21-22-14-19)16-18-5-3-4-17(12-18)15-23-8-10-25-11-9-23/h3-5,12-14,20H,1-2,6-11,15-16H2,(H,21,22)/t20-/m0/s1. The van der Waals surface area contributed by atoms with E-state index in [1.54, 1.807) is 0 Å². The Morgan fingerprint density at radius 3 is 2.72 bits per heavy atom. The van der Waals surface area contributed by atoms with Crippen LogP contribution in [0.25, 0.3) is 0 Å². The fraction of sp³-hybridized carbons (Fsp3) is 0.550. The number of H-pyrrole nitrogens is 1. The first-order chi connectivity index (χ1) is 12.4. The quantitative estimate of drug-likeness (QED) is 0.909. The highest BCUT2D eigenvalue weighted by molar-refractivity contribution is 5.24. The van der Waals surface area contributed by atoms with Gasteiger partial charge < -0.3 is 4.74 Å². The summed E-state index contributed by atoms with van der Waals surface area (Å²) >= 11 is 0. The highest BCUT2D eigenvalue weighted by Crippen LogP contribution is 2.31. The van der Waals surface area contributed by atoms with Crippen molar-refractivity contribution in [3.8, 4) is 0 Å². The second-order valence-corrected chi connectivity index (χ2v) is 7.22. The lowest BCUT2D eigenvalue weighted by atomic mass is 9.96. The molecule has 0 saturated carbocycles. The third-order valence-corrected chi connectivity index (χ3v) is 5.40. The molecule has 134 valence electrons. The number of aromatic amines is 1. The number of rotatable bonds is 5. The van der Waals surface area contributed by atoms with Gasteiger partial charge >= 0.3 is 0 Å². The lowest BCUT2D eigenvalue weighted by molar-refractivity contribution is 0.0341. The Morgan fingerprint density at radius 2 is 1.92 bits per heavy atom. The number of ether oxygens (including phenoxy) is 1. The smallest absolute Gasteiger partial charge is 0.0594 e. The van der Waals surface area contributed by atoms with Crippen molar-refractivity contribution in [2.45, 2.75) is 38.4 Å². The lowest BCUT2D eigenvalue weighted by Crippen LogP contribution is -2.35. The molecular weight excluding hydrogens is 312 g/mol. The number of nitrogens with one attached hydrogen (secondary N) is 1. The second-order valence-electron chi connectivity index (χ2n) is 7.22. The van der Waals surface area contributed by atoms with E-state index in [4.69, 9.17) is 4.74 Å². The highest BCUT2D eigenvalue weighted by atomic mass is 16.5. The molecular formula is C20H28N4O. The van der Waals surface area contributed by atoms with Gasteiger partial charge in [0.15, 0.2) is 0 Å². The van der Waals surface area contributed by atoms with Crippen LogP contribution in [0.1, 0.15) is 42.0 Å². The summed E-state index contributed by atoms with van der Waals surface area (Å²) in [6, 6.07) is 9.61. The molecule has 1 aromatic heterocycles. The lowest BCUT2D eigenvalue weighted by Gasteiger charge is -2.35. The SMILES string of the molecule is c1cc(CN2CCOCC2)cc(CN2CCCC[C@H]2c2cn[nH]c2)c1. The molecule has 0 radical (unpaired) electrons. The molecule has 2 aliphatic rings. The van der Waals surface area contributed by atoms with Crippen molar-refractivity contribution in [1.82, 2.24) is 20.0 Å². The molecule has 5 heteroatoms. The van der Waals surface area contributed by atoms with Gasteiger partial charge in [0.1, 0.15) is 0 Å². The highest BCUT2D eigenvalue weighted by Gasteiger charge is 2.24. The molecule has 2 aromatic rings. The topological polar surface area (TPSA) is 44.4 Å². The van der Waals surface area contributed by atoms with Gasteiger partial charge in [0, 0.05) is 44.0 Å². The van der Waals surface area contributed by atoms with Crippen molar-refractivity contribution >= 4 is 0 Å². The summed E-state index contributed by atoms with van der Waals surface area (Å²) in [5.41, 5.74) is 4.15. The number of nitrogens with zero attached hydrogens (tertiary/aromatic N) is 3. The van der Waals surface area contributed by atoms with Crippen molar-refractivity contribution in [2.24, 2.45) is 0 Å². The zero-order valence-electron chi connectivity index (χ0n) is 14.9. The maximum atomic E-state index is 5.45. The van der Waals surface area contributed by atoms with Crippen LogP contribution < -0.4 is 0 Å². The Balaban J connectivity index is 1.43. The van der Waals surface area contributed by atoms with Crippen molar-refractivity contribution < 1.29 is 4.74 Å². The molecule has 0 spiro atoms. The van der Waals surface area contributed by atoms with Crippen LogP contribution in [0.5, 0.6) is 0 Å². The van der Waals surface area contributed by atoms with E-state index in [0.717, 1.165) is 39.4 Å². The summed E-state index contributed by atoms with van der Waals surface area (Å²) in [6.45, 7) is 7.02. The van der Waals surface area contributed by atoms with E-state index in [9.17, 15) is 0 Å². The van der Waals surface area contributed by atoms with Gasteiger partial charge in [-0.15, -0.1) is 0 Å². The van der Waals surface area contributed by atoms with E-state index in [2.05, 4.69) is 50.5 Å². The maximum absolute atomic E-state index is 5.45. The molecule has 1 N–H and O–H groups in total. The van der Waals surface area contributed by atoms with Gasteiger partial charge in [-0.1, -0.05) is 30.7 Å². The van der Waals surface area contributed by atoms with Gasteiger partial charge in [0.05, 0.1) is 19.4 Å². The summed E-state index contributed by atoms with van der Waals surface area (Å²) in [4.78, 5) is 5.10. The maximum Gasteiger partial charge on any atom is 0.0594 e. The first kappa shape index (κ1) is 16.8. The minimum absolute atomic E-state index is 0.496. The Kier molecular flexibility index (Phi) is 5.45. The molecule has 0 amide bonds. The van der Waals surface area contributed by atoms with E-state index in [1.165, 1.54) is 42.5 Å². The molecule has 0 aliphatic carbocycles. The van der Waals surface area contributed by atoms with Gasteiger partial charge in [0.25, 0.3) is 0 Å². The van der Waals surface area contributed by atoms with E-state index in [0.29, 0.717) is 6.04 Å². The summed E-state index contributed by atoms with van der Waals surface area (Å²) in [6.07, 6.45) is 7.87. The Labute approximate surface area is 150 Å². The number of piperidine rings is 1. The summed E-state index contributed by atoms with van der Waals surface area (Å²) in [7, 11) is 0. The van der Waals surface area contributed by atoms with Crippen LogP contribution in [-0.2, 0) is 17.8 Å². The van der Waals surface area contributed by atoms with Gasteiger partial charge in [0.2, 0.25) is 0 Å². The van der Waals surface area contributed by atoms with Crippen LogP contribution in [-0.4, -0.2) is 52.8 Å². The van der Waals surface area contributed by atoms with Crippen LogP contribution >= 0.6 is 0 Å². The van der Waals surface area contributed by atoms with Crippen molar-refractivity contribution in [2.75, 3.05) is 32.8 Å². The van der Waals surface area contributed by atoms with E-state index in [-0.39, 0.29) is 0 Å². The normalized spacial score (nSPS) is 23.0. The van der Waals surface area contributed by atoms with E-state index >= 15 is 0 Å². The molecule has 2 fully saturated rings. The van der Waals surface area contributed by atoms with Crippen LogP contribution in [0, 0.1) is 0 Å². The predicted molar refractivity (Wildman–Crippen MR) is 98.1 cm³/mol. The Hall–Kier alpha value is -1.69. The third kappa shape index (κ3) is 4.29. The van der Waals surface area contributed by atoms with Crippen LogP contribution in [0.3, 0.4) is 0 Å². The first-order valence-electron chi connectivity index (χ1n) is 9.49. The monoisotopic (exact) mass is 340 g/mol. The predicted octanol–water partition coefficient (Wildman–Crippen LogP) is 2.97. The van der Waals surface area contributed by atoms with E-state index < -0.39 is 0 Å². The Morgan fingerprint density at radius 1 is 1.08 bits per heavy atom. The summed E-state index contributed by atoms with van der Waals surface area (Å²) in [5.74, 6) is 0. The van der Waals surface area contributed by atoms with Gasteiger partial charge in [-0.3, -0.25) is 14.9 Å². The number of aromatic nitrogens is 2. The number of hydrogen-bond donors (Lipinski definition) is 1. The fourth-order valence-corrected chi connectivity index (χ4v) is 4.08. The minimum atomic E-state index is 0.496. The minimum Gasteiger partial charge on any atom is -0.379 e. The molecule has 2 aliphatic heterocycles. The molecule has 0 unspecified atom stereocenters. The van der Waals surface area contributed by atoms with Crippen molar-refractivity contribution in [3.05, 3.63) is 53.3 Å². The molecule has 1 aromatic carbocycles. The van der Waals surface area contributed by atoms with Crippen LogP contribution in [0.4, 0.5) is 0 Å². The summed E-state index contributed by atoms with van der Waals surface area (Å²) < 4.78 is 5.45. The molecule has 25 heavy (non-hydrogen) atoms. The third-order valence-electron chi connectivity index (χ3n) is 5.40. The molecule has 4 rings (SSSR count). The molecule has 1 atom stereocenters. The average molecular weight is 340 g/mol. The molecule has 0 bridgehead atoms. The van der Waals surface area contributed by atoms with Gasteiger partial charge in [-0.05, 0) is 30.5 Å². The van der Waals surface area contributed by atoms with Gasteiger partial charge in [-0.25, -0.2) is 0 Å². The van der Waals surface area contributed by atoms with Crippen LogP contribution in [0.15, 0.2) is 36.7 Å². The van der Waals surface area contributed by atoms with E-state index in [1.807, 2.05) is 6.20 Å². The molecule has 3 heterocycles. The van der Waals surface area contributed by atoms with Crippen molar-refractivity contribution in [1.29, 1.82) is 0 Å². The molecule has 5 nitrogen and oxygen atoms in total. The number of hydrogen-bond acceptors (Lipinski definition) is 4. The first-order valence-corrected chi connectivity index (χ1v) is 9.49. The largest absolute Gasteiger partial charge is 0.379 e.